The van der Waals surface area contributed by atoms with Crippen molar-refractivity contribution in [2.45, 2.75) is 19.1 Å². The van der Waals surface area contributed by atoms with Gasteiger partial charge in [-0.2, -0.15) is 0 Å². The highest BCUT2D eigenvalue weighted by Crippen LogP contribution is 2.21. The number of halogens is 1. The fraction of sp³-hybridized carbons (Fsp3) is 0.875. The molecule has 2 aliphatic rings. The van der Waals surface area contributed by atoms with Crippen LogP contribution in [0.2, 0.25) is 0 Å². The molecule has 2 heterocycles. The van der Waals surface area contributed by atoms with Gasteiger partial charge < -0.3 is 4.90 Å². The van der Waals surface area contributed by atoms with E-state index >= 15 is 0 Å². The zero-order chi connectivity index (χ0) is 8.72. The van der Waals surface area contributed by atoms with Gasteiger partial charge in [0.05, 0.1) is 0 Å². The van der Waals surface area contributed by atoms with Crippen LogP contribution in [0.4, 0.5) is 4.39 Å². The summed E-state index contributed by atoms with van der Waals surface area (Å²) in [5.74, 6) is 0.128. The van der Waals surface area contributed by atoms with Gasteiger partial charge in [-0.15, -0.1) is 0 Å². The lowest BCUT2D eigenvalue weighted by Crippen LogP contribution is -2.66. The maximum Gasteiger partial charge on any atom is 0.219 e. The first-order valence-electron chi connectivity index (χ1n) is 4.30. The van der Waals surface area contributed by atoms with Crippen LogP contribution in [0.25, 0.3) is 0 Å². The number of amides is 1. The molecular formula is C8H13FN2O. The lowest BCUT2D eigenvalue weighted by Gasteiger charge is -2.49. The SMILES string of the molecule is CC(=O)N1CC(N2CC(F)C2)C1. The summed E-state index contributed by atoms with van der Waals surface area (Å²) in [7, 11) is 0. The van der Waals surface area contributed by atoms with E-state index in [0.29, 0.717) is 19.1 Å². The van der Waals surface area contributed by atoms with Gasteiger partial charge in [-0.3, -0.25) is 9.69 Å². The molecule has 4 heteroatoms. The van der Waals surface area contributed by atoms with Crippen molar-refractivity contribution in [3.8, 4) is 0 Å². The van der Waals surface area contributed by atoms with Gasteiger partial charge in [-0.05, 0) is 0 Å². The number of nitrogens with zero attached hydrogens (tertiary/aromatic N) is 2. The smallest absolute Gasteiger partial charge is 0.219 e. The molecular weight excluding hydrogens is 159 g/mol. The maximum absolute atomic E-state index is 12.4. The molecule has 2 rings (SSSR count). The van der Waals surface area contributed by atoms with E-state index < -0.39 is 6.17 Å². The van der Waals surface area contributed by atoms with E-state index in [-0.39, 0.29) is 5.91 Å². The third kappa shape index (κ3) is 1.20. The third-order valence-electron chi connectivity index (χ3n) is 2.69. The van der Waals surface area contributed by atoms with Gasteiger partial charge in [0.25, 0.3) is 0 Å². The van der Waals surface area contributed by atoms with E-state index in [1.807, 2.05) is 0 Å². The number of rotatable bonds is 1. The number of carbonyl (C=O) groups excluding carboxylic acids is 1. The topological polar surface area (TPSA) is 23.6 Å². The molecule has 0 aliphatic carbocycles. The molecule has 0 radical (unpaired) electrons. The summed E-state index contributed by atoms with van der Waals surface area (Å²) >= 11 is 0. The monoisotopic (exact) mass is 172 g/mol. The van der Waals surface area contributed by atoms with Gasteiger partial charge in [0.1, 0.15) is 6.17 Å². The van der Waals surface area contributed by atoms with Crippen molar-refractivity contribution in [2.75, 3.05) is 26.2 Å². The highest BCUT2D eigenvalue weighted by atomic mass is 19.1. The lowest BCUT2D eigenvalue weighted by molar-refractivity contribution is -0.138. The fourth-order valence-corrected chi connectivity index (χ4v) is 1.70. The first-order chi connectivity index (χ1) is 5.66. The Hall–Kier alpha value is -0.640. The van der Waals surface area contributed by atoms with E-state index in [1.54, 1.807) is 11.8 Å². The Balaban J connectivity index is 1.72. The van der Waals surface area contributed by atoms with Crippen molar-refractivity contribution in [3.05, 3.63) is 0 Å². The standard InChI is InChI=1S/C8H13FN2O/c1-6(12)10-4-8(5-10)11-2-7(9)3-11/h7-8H,2-5H2,1H3. The van der Waals surface area contributed by atoms with Gasteiger partial charge in [-0.25, -0.2) is 4.39 Å². The quantitative estimate of drug-likeness (QED) is 0.550. The van der Waals surface area contributed by atoms with Crippen molar-refractivity contribution in [1.82, 2.24) is 9.80 Å². The van der Waals surface area contributed by atoms with Crippen LogP contribution in [0.3, 0.4) is 0 Å². The predicted octanol–water partition coefficient (Wildman–Crippen LogP) is -0.129. The Bertz CT molecular complexity index is 197. The van der Waals surface area contributed by atoms with E-state index in [4.69, 9.17) is 0 Å². The first kappa shape index (κ1) is 7.98. The molecule has 0 unspecified atom stereocenters. The minimum absolute atomic E-state index is 0.128. The highest BCUT2D eigenvalue weighted by molar-refractivity contribution is 5.74. The molecule has 68 valence electrons. The van der Waals surface area contributed by atoms with Gasteiger partial charge in [0.2, 0.25) is 5.91 Å². The Morgan fingerprint density at radius 1 is 1.33 bits per heavy atom. The summed E-state index contributed by atoms with van der Waals surface area (Å²) in [5, 5.41) is 0. The second-order valence-electron chi connectivity index (χ2n) is 3.63. The average Bonchev–Trinajstić information content (AvgIpc) is 1.79. The molecule has 0 N–H and O–H groups in total. The van der Waals surface area contributed by atoms with E-state index in [1.165, 1.54) is 0 Å². The number of carbonyl (C=O) groups is 1. The van der Waals surface area contributed by atoms with Crippen molar-refractivity contribution in [2.24, 2.45) is 0 Å². The lowest BCUT2D eigenvalue weighted by atomic mass is 10.0. The first-order valence-corrected chi connectivity index (χ1v) is 4.30. The van der Waals surface area contributed by atoms with Crippen molar-refractivity contribution in [3.63, 3.8) is 0 Å². The van der Waals surface area contributed by atoms with Crippen LogP contribution in [-0.2, 0) is 4.79 Å². The maximum atomic E-state index is 12.4. The Labute approximate surface area is 71.1 Å². The summed E-state index contributed by atoms with van der Waals surface area (Å²) in [6.07, 6.45) is -0.628. The average molecular weight is 172 g/mol. The van der Waals surface area contributed by atoms with E-state index in [2.05, 4.69) is 4.90 Å². The molecule has 2 aliphatic heterocycles. The second kappa shape index (κ2) is 2.69. The molecule has 0 aromatic rings. The molecule has 2 saturated heterocycles. The second-order valence-corrected chi connectivity index (χ2v) is 3.63. The molecule has 0 saturated carbocycles. The Morgan fingerprint density at radius 3 is 2.33 bits per heavy atom. The van der Waals surface area contributed by atoms with Crippen LogP contribution < -0.4 is 0 Å². The summed E-state index contributed by atoms with van der Waals surface area (Å²) in [4.78, 5) is 14.7. The normalized spacial score (nSPS) is 26.7. The molecule has 0 spiro atoms. The molecule has 0 bridgehead atoms. The predicted molar refractivity (Wildman–Crippen MR) is 42.5 cm³/mol. The Kier molecular flexibility index (Phi) is 1.79. The number of likely N-dealkylation sites (tertiary alicyclic amines) is 2. The number of hydrogen-bond donors (Lipinski definition) is 0. The third-order valence-corrected chi connectivity index (χ3v) is 2.69. The Morgan fingerprint density at radius 2 is 1.92 bits per heavy atom. The number of alkyl halides is 1. The van der Waals surface area contributed by atoms with E-state index in [0.717, 1.165) is 13.1 Å². The summed E-state index contributed by atoms with van der Waals surface area (Å²) in [6, 6.07) is 0.431. The zero-order valence-electron chi connectivity index (χ0n) is 7.16. The van der Waals surface area contributed by atoms with Gasteiger partial charge in [0.15, 0.2) is 0 Å². The fourth-order valence-electron chi connectivity index (χ4n) is 1.70. The summed E-state index contributed by atoms with van der Waals surface area (Å²) < 4.78 is 12.4. The van der Waals surface area contributed by atoms with Crippen LogP contribution in [0.15, 0.2) is 0 Å². The molecule has 1 amide bonds. The van der Waals surface area contributed by atoms with Gasteiger partial charge >= 0.3 is 0 Å². The van der Waals surface area contributed by atoms with Gasteiger partial charge in [0, 0.05) is 39.1 Å². The highest BCUT2D eigenvalue weighted by Gasteiger charge is 2.39. The van der Waals surface area contributed by atoms with Crippen LogP contribution in [0.5, 0.6) is 0 Å². The molecule has 0 atom stereocenters. The molecule has 2 fully saturated rings. The van der Waals surface area contributed by atoms with Crippen LogP contribution in [0, 0.1) is 0 Å². The largest absolute Gasteiger partial charge is 0.340 e. The minimum Gasteiger partial charge on any atom is -0.340 e. The van der Waals surface area contributed by atoms with Gasteiger partial charge in [-0.1, -0.05) is 0 Å². The van der Waals surface area contributed by atoms with Crippen molar-refractivity contribution in [1.29, 1.82) is 0 Å². The van der Waals surface area contributed by atoms with Crippen LogP contribution >= 0.6 is 0 Å². The molecule has 0 aromatic carbocycles. The minimum atomic E-state index is -0.628. The van der Waals surface area contributed by atoms with Crippen LogP contribution in [0.1, 0.15) is 6.92 Å². The van der Waals surface area contributed by atoms with Crippen molar-refractivity contribution >= 4 is 5.91 Å². The van der Waals surface area contributed by atoms with Crippen molar-refractivity contribution < 1.29 is 9.18 Å². The molecule has 3 nitrogen and oxygen atoms in total. The molecule has 0 aromatic heterocycles. The summed E-state index contributed by atoms with van der Waals surface area (Å²) in [6.45, 7) is 4.29. The summed E-state index contributed by atoms with van der Waals surface area (Å²) in [5.41, 5.74) is 0. The number of hydrogen-bond acceptors (Lipinski definition) is 2. The zero-order valence-corrected chi connectivity index (χ0v) is 7.16. The molecule has 12 heavy (non-hydrogen) atoms. The van der Waals surface area contributed by atoms with Crippen LogP contribution in [-0.4, -0.2) is 54.1 Å². The van der Waals surface area contributed by atoms with E-state index in [9.17, 15) is 9.18 Å².